The molecular formula is C15H13ClFN5. The molecule has 2 aromatic carbocycles. The lowest BCUT2D eigenvalue weighted by molar-refractivity contribution is 0.601. The lowest BCUT2D eigenvalue weighted by atomic mass is 9.90. The van der Waals surface area contributed by atoms with Crippen LogP contribution in [0.3, 0.4) is 0 Å². The summed E-state index contributed by atoms with van der Waals surface area (Å²) in [5.74, 6) is -0.458. The monoisotopic (exact) mass is 317 g/mol. The quantitative estimate of drug-likeness (QED) is 0.790. The van der Waals surface area contributed by atoms with Gasteiger partial charge in [-0.3, -0.25) is 5.73 Å². The number of hydrogen-bond acceptors (Lipinski definition) is 5. The van der Waals surface area contributed by atoms with Crippen LogP contribution in [0.25, 0.3) is 0 Å². The van der Waals surface area contributed by atoms with Crippen LogP contribution in [0.1, 0.15) is 11.1 Å². The Morgan fingerprint density at radius 1 is 1.14 bits per heavy atom. The molecule has 0 saturated heterocycles. The van der Waals surface area contributed by atoms with E-state index in [2.05, 4.69) is 15.5 Å². The fourth-order valence-corrected chi connectivity index (χ4v) is 2.46. The van der Waals surface area contributed by atoms with Crippen molar-refractivity contribution in [1.82, 2.24) is 5.43 Å². The molecule has 0 fully saturated rings. The van der Waals surface area contributed by atoms with Crippen LogP contribution in [0.4, 0.5) is 4.39 Å². The molecule has 0 spiro atoms. The third kappa shape index (κ3) is 2.43. The van der Waals surface area contributed by atoms with E-state index in [-0.39, 0.29) is 11.0 Å². The maximum absolute atomic E-state index is 13.4. The molecule has 5 nitrogen and oxygen atoms in total. The summed E-state index contributed by atoms with van der Waals surface area (Å²) in [6.45, 7) is 0. The first-order chi connectivity index (χ1) is 10.5. The van der Waals surface area contributed by atoms with E-state index in [0.29, 0.717) is 11.3 Å². The van der Waals surface area contributed by atoms with Gasteiger partial charge in [-0.1, -0.05) is 48.0 Å². The van der Waals surface area contributed by atoms with Crippen molar-refractivity contribution < 1.29 is 4.39 Å². The zero-order valence-electron chi connectivity index (χ0n) is 11.4. The second-order valence-electron chi connectivity index (χ2n) is 4.83. The molecule has 7 heteroatoms. The standard InChI is InChI=1S/C15H13ClFN5/c16-11-8-10(6-7-12(11)17)15(19)13(21-22-14(18)20-15)9-4-2-1-3-5-9/h1-8H,19H2,(H3,18,20,22). The largest absolute Gasteiger partial charge is 0.368 e. The summed E-state index contributed by atoms with van der Waals surface area (Å²) in [5, 5.41) is 4.17. The van der Waals surface area contributed by atoms with E-state index >= 15 is 0 Å². The van der Waals surface area contributed by atoms with Crippen LogP contribution in [0.15, 0.2) is 58.6 Å². The van der Waals surface area contributed by atoms with Crippen molar-refractivity contribution in [1.29, 1.82) is 0 Å². The first-order valence-electron chi connectivity index (χ1n) is 6.50. The third-order valence-electron chi connectivity index (χ3n) is 3.35. The van der Waals surface area contributed by atoms with Gasteiger partial charge in [0.05, 0.1) is 5.02 Å². The van der Waals surface area contributed by atoms with Crippen LogP contribution in [-0.2, 0) is 5.66 Å². The molecule has 1 atom stereocenters. The van der Waals surface area contributed by atoms with E-state index in [4.69, 9.17) is 23.1 Å². The second-order valence-corrected chi connectivity index (χ2v) is 5.24. The first kappa shape index (κ1) is 14.5. The van der Waals surface area contributed by atoms with Crippen LogP contribution in [-0.4, -0.2) is 11.7 Å². The van der Waals surface area contributed by atoms with Crippen molar-refractivity contribution >= 4 is 23.3 Å². The van der Waals surface area contributed by atoms with Gasteiger partial charge in [0.1, 0.15) is 11.5 Å². The van der Waals surface area contributed by atoms with Crippen LogP contribution in [0.5, 0.6) is 0 Å². The topological polar surface area (TPSA) is 88.8 Å². The molecule has 112 valence electrons. The van der Waals surface area contributed by atoms with E-state index in [0.717, 1.165) is 5.56 Å². The zero-order chi connectivity index (χ0) is 15.7. The number of halogens is 2. The average Bonchev–Trinajstić information content (AvgIpc) is 2.51. The summed E-state index contributed by atoms with van der Waals surface area (Å²) in [7, 11) is 0. The maximum atomic E-state index is 13.4. The SMILES string of the molecule is NC1=NC(N)(c2ccc(F)c(Cl)c2)C(c2ccccc2)=NN1. The van der Waals surface area contributed by atoms with Crippen molar-refractivity contribution in [2.24, 2.45) is 21.6 Å². The lowest BCUT2D eigenvalue weighted by Crippen LogP contribution is -2.51. The maximum Gasteiger partial charge on any atom is 0.212 e. The van der Waals surface area contributed by atoms with E-state index in [1.165, 1.54) is 18.2 Å². The molecule has 0 aliphatic carbocycles. The van der Waals surface area contributed by atoms with Crippen molar-refractivity contribution in [2.45, 2.75) is 5.66 Å². The summed E-state index contributed by atoms with van der Waals surface area (Å²) >= 11 is 5.86. The van der Waals surface area contributed by atoms with Crippen molar-refractivity contribution in [3.05, 3.63) is 70.5 Å². The summed E-state index contributed by atoms with van der Waals surface area (Å²) < 4.78 is 13.4. The molecule has 0 saturated carbocycles. The highest BCUT2D eigenvalue weighted by atomic mass is 35.5. The molecule has 1 aliphatic heterocycles. The number of rotatable bonds is 2. The van der Waals surface area contributed by atoms with Crippen LogP contribution >= 0.6 is 11.6 Å². The minimum Gasteiger partial charge on any atom is -0.368 e. The van der Waals surface area contributed by atoms with Gasteiger partial charge in [-0.15, -0.1) is 0 Å². The number of nitrogens with one attached hydrogen (secondary N) is 1. The number of hydrazone groups is 1. The number of benzene rings is 2. The Morgan fingerprint density at radius 2 is 1.86 bits per heavy atom. The number of nitrogens with two attached hydrogens (primary N) is 2. The van der Waals surface area contributed by atoms with E-state index in [1.807, 2.05) is 30.3 Å². The predicted molar refractivity (Wildman–Crippen MR) is 85.0 cm³/mol. The number of guanidine groups is 1. The Labute approximate surface area is 131 Å². The van der Waals surface area contributed by atoms with Gasteiger partial charge >= 0.3 is 0 Å². The molecule has 0 bridgehead atoms. The van der Waals surface area contributed by atoms with Gasteiger partial charge in [0, 0.05) is 11.1 Å². The molecule has 1 aliphatic rings. The van der Waals surface area contributed by atoms with Crippen molar-refractivity contribution in [3.63, 3.8) is 0 Å². The zero-order valence-corrected chi connectivity index (χ0v) is 12.2. The molecule has 0 aromatic heterocycles. The lowest BCUT2D eigenvalue weighted by Gasteiger charge is -2.31. The fraction of sp³-hybridized carbons (Fsp3) is 0.0667. The van der Waals surface area contributed by atoms with Gasteiger partial charge in [-0.2, -0.15) is 5.10 Å². The number of hydrogen-bond donors (Lipinski definition) is 3. The molecule has 1 unspecified atom stereocenters. The van der Waals surface area contributed by atoms with Crippen LogP contribution in [0.2, 0.25) is 5.02 Å². The van der Waals surface area contributed by atoms with Gasteiger partial charge in [-0.25, -0.2) is 14.8 Å². The van der Waals surface area contributed by atoms with Crippen LogP contribution in [0, 0.1) is 5.82 Å². The number of aliphatic imine (C=N–C) groups is 1. The van der Waals surface area contributed by atoms with Crippen molar-refractivity contribution in [2.75, 3.05) is 0 Å². The molecule has 0 amide bonds. The van der Waals surface area contributed by atoms with E-state index in [1.54, 1.807) is 0 Å². The predicted octanol–water partition coefficient (Wildman–Crippen LogP) is 1.91. The highest BCUT2D eigenvalue weighted by Gasteiger charge is 2.37. The molecule has 5 N–H and O–H groups in total. The molecule has 3 rings (SSSR count). The highest BCUT2D eigenvalue weighted by Crippen LogP contribution is 2.30. The Bertz CT molecular complexity index is 775. The highest BCUT2D eigenvalue weighted by molar-refractivity contribution is 6.30. The molecule has 22 heavy (non-hydrogen) atoms. The van der Waals surface area contributed by atoms with Gasteiger partial charge < -0.3 is 5.73 Å². The molecule has 0 radical (unpaired) electrons. The van der Waals surface area contributed by atoms with Gasteiger partial charge in [0.15, 0.2) is 5.66 Å². The normalized spacial score (nSPS) is 20.9. The molecule has 2 aromatic rings. The third-order valence-corrected chi connectivity index (χ3v) is 3.64. The molecule has 1 heterocycles. The van der Waals surface area contributed by atoms with Crippen LogP contribution < -0.4 is 16.9 Å². The smallest absolute Gasteiger partial charge is 0.212 e. The Kier molecular flexibility index (Phi) is 3.56. The van der Waals surface area contributed by atoms with E-state index < -0.39 is 11.5 Å². The van der Waals surface area contributed by atoms with Gasteiger partial charge in [0.25, 0.3) is 0 Å². The average molecular weight is 318 g/mol. The summed E-state index contributed by atoms with van der Waals surface area (Å²) in [6, 6.07) is 13.5. The minimum atomic E-state index is -1.35. The van der Waals surface area contributed by atoms with Gasteiger partial charge in [0.2, 0.25) is 5.96 Å². The molecular weight excluding hydrogens is 305 g/mol. The second kappa shape index (κ2) is 5.40. The Balaban J connectivity index is 2.16. The summed E-state index contributed by atoms with van der Waals surface area (Å²) in [6.07, 6.45) is 0. The Hall–Kier alpha value is -2.44. The Morgan fingerprint density at radius 3 is 2.55 bits per heavy atom. The summed E-state index contributed by atoms with van der Waals surface area (Å²) in [5.41, 5.74) is 15.1. The minimum absolute atomic E-state index is 0.0398. The first-order valence-corrected chi connectivity index (χ1v) is 6.88. The van der Waals surface area contributed by atoms with Crippen molar-refractivity contribution in [3.8, 4) is 0 Å². The van der Waals surface area contributed by atoms with Gasteiger partial charge in [-0.05, 0) is 12.1 Å². The fourth-order valence-electron chi connectivity index (χ4n) is 2.28. The number of nitrogens with zero attached hydrogens (tertiary/aromatic N) is 2. The summed E-state index contributed by atoms with van der Waals surface area (Å²) in [4.78, 5) is 4.26. The van der Waals surface area contributed by atoms with E-state index in [9.17, 15) is 4.39 Å².